The van der Waals surface area contributed by atoms with Crippen LogP contribution in [0, 0.1) is 0 Å². The number of nitrogens with one attached hydrogen (secondary N) is 2. The molecule has 0 saturated heterocycles. The Labute approximate surface area is 80.3 Å². The van der Waals surface area contributed by atoms with Gasteiger partial charge in [-0.15, -0.1) is 0 Å². The molecule has 0 aromatic carbocycles. The Balaban J connectivity index is 2.69. The maximum atomic E-state index is 4.09. The molecular weight excluding hydrogens is 176 g/mol. The highest BCUT2D eigenvalue weighted by atomic mass is 32.1. The lowest BCUT2D eigenvalue weighted by Crippen LogP contribution is -2.24. The van der Waals surface area contributed by atoms with Crippen LogP contribution in [-0.4, -0.2) is 37.7 Å². The number of hydrogen-bond acceptors (Lipinski definition) is 4. The molecule has 0 rings (SSSR count). The zero-order valence-electron chi connectivity index (χ0n) is 6.84. The first-order chi connectivity index (χ1) is 5.41. The summed E-state index contributed by atoms with van der Waals surface area (Å²) in [5.41, 5.74) is 0. The van der Waals surface area contributed by atoms with Crippen LogP contribution in [0.4, 0.5) is 0 Å². The lowest BCUT2D eigenvalue weighted by Gasteiger charge is -2.03. The van der Waals surface area contributed by atoms with Gasteiger partial charge in [0.05, 0.1) is 0 Å². The summed E-state index contributed by atoms with van der Waals surface area (Å²) in [6.07, 6.45) is 1.18. The summed E-state index contributed by atoms with van der Waals surface area (Å²) in [6.45, 7) is 4.19. The summed E-state index contributed by atoms with van der Waals surface area (Å²) in [4.78, 5) is 0. The maximum absolute atomic E-state index is 4.09. The fraction of sp³-hybridized carbons (Fsp3) is 1.00. The van der Waals surface area contributed by atoms with Crippen LogP contribution in [0.2, 0.25) is 0 Å². The molecule has 0 aliphatic rings. The summed E-state index contributed by atoms with van der Waals surface area (Å²) < 4.78 is 0. The van der Waals surface area contributed by atoms with Gasteiger partial charge in [0.15, 0.2) is 0 Å². The molecule has 0 heterocycles. The molecule has 4 heteroatoms. The Hall–Kier alpha value is 0.620. The molecule has 0 radical (unpaired) electrons. The first kappa shape index (κ1) is 11.6. The van der Waals surface area contributed by atoms with Crippen molar-refractivity contribution in [3.05, 3.63) is 0 Å². The highest BCUT2D eigenvalue weighted by Gasteiger charge is 1.86. The predicted molar refractivity (Wildman–Crippen MR) is 58.1 cm³/mol. The van der Waals surface area contributed by atoms with Crippen LogP contribution < -0.4 is 10.6 Å². The summed E-state index contributed by atoms with van der Waals surface area (Å²) >= 11 is 8.18. The molecule has 0 unspecified atom stereocenters. The first-order valence-electron chi connectivity index (χ1n) is 4.05. The summed E-state index contributed by atoms with van der Waals surface area (Å²) in [6, 6.07) is 0. The second-order valence-electron chi connectivity index (χ2n) is 2.30. The average molecular weight is 194 g/mol. The molecule has 0 amide bonds. The van der Waals surface area contributed by atoms with Gasteiger partial charge in [0, 0.05) is 24.6 Å². The van der Waals surface area contributed by atoms with E-state index in [1.54, 1.807) is 0 Å². The zero-order chi connectivity index (χ0) is 8.36. The number of rotatable bonds is 8. The Morgan fingerprint density at radius 3 is 1.55 bits per heavy atom. The van der Waals surface area contributed by atoms with Gasteiger partial charge < -0.3 is 10.6 Å². The molecule has 0 aromatic heterocycles. The van der Waals surface area contributed by atoms with E-state index in [1.807, 2.05) is 0 Å². The van der Waals surface area contributed by atoms with E-state index in [9.17, 15) is 0 Å². The lowest BCUT2D eigenvalue weighted by atomic mass is 10.4. The summed E-state index contributed by atoms with van der Waals surface area (Å²) in [7, 11) is 0. The number of thiol groups is 2. The van der Waals surface area contributed by atoms with E-state index in [1.165, 1.54) is 6.42 Å². The molecular formula is C7H18N2S2. The smallest absolute Gasteiger partial charge is 0.00397 e. The molecule has 0 aliphatic carbocycles. The molecule has 11 heavy (non-hydrogen) atoms. The maximum Gasteiger partial charge on any atom is 0.00397 e. The van der Waals surface area contributed by atoms with Crippen molar-refractivity contribution in [3.63, 3.8) is 0 Å². The van der Waals surface area contributed by atoms with Gasteiger partial charge in [-0.1, -0.05) is 0 Å². The van der Waals surface area contributed by atoms with Crippen LogP contribution in [0.1, 0.15) is 6.42 Å². The van der Waals surface area contributed by atoms with Crippen LogP contribution in [0.25, 0.3) is 0 Å². The van der Waals surface area contributed by atoms with Crippen LogP contribution in [-0.2, 0) is 0 Å². The molecule has 0 aromatic rings. The normalized spacial score (nSPS) is 10.4. The fourth-order valence-electron chi connectivity index (χ4n) is 0.747. The minimum atomic E-state index is 0.921. The van der Waals surface area contributed by atoms with Crippen LogP contribution in [0.15, 0.2) is 0 Å². The van der Waals surface area contributed by atoms with Crippen molar-refractivity contribution in [2.75, 3.05) is 37.7 Å². The van der Waals surface area contributed by atoms with Crippen molar-refractivity contribution in [2.45, 2.75) is 6.42 Å². The van der Waals surface area contributed by atoms with Crippen LogP contribution in [0.5, 0.6) is 0 Å². The monoisotopic (exact) mass is 194 g/mol. The van der Waals surface area contributed by atoms with Gasteiger partial charge >= 0.3 is 0 Å². The van der Waals surface area contributed by atoms with E-state index in [4.69, 9.17) is 0 Å². The largest absolute Gasteiger partial charge is 0.316 e. The van der Waals surface area contributed by atoms with E-state index in [0.29, 0.717) is 0 Å². The molecule has 68 valence electrons. The van der Waals surface area contributed by atoms with Gasteiger partial charge in [0.1, 0.15) is 0 Å². The van der Waals surface area contributed by atoms with Gasteiger partial charge in [0.25, 0.3) is 0 Å². The molecule has 0 saturated carbocycles. The molecule has 2 nitrogen and oxygen atoms in total. The molecule has 0 fully saturated rings. The third-order valence-electron chi connectivity index (χ3n) is 1.28. The van der Waals surface area contributed by atoms with Crippen molar-refractivity contribution >= 4 is 25.3 Å². The van der Waals surface area contributed by atoms with E-state index in [-0.39, 0.29) is 0 Å². The Morgan fingerprint density at radius 1 is 0.727 bits per heavy atom. The van der Waals surface area contributed by atoms with E-state index < -0.39 is 0 Å². The molecule has 0 aliphatic heterocycles. The van der Waals surface area contributed by atoms with Crippen molar-refractivity contribution < 1.29 is 0 Å². The van der Waals surface area contributed by atoms with Crippen molar-refractivity contribution in [1.29, 1.82) is 0 Å². The molecule has 0 bridgehead atoms. The quantitative estimate of drug-likeness (QED) is 0.332. The van der Waals surface area contributed by atoms with Gasteiger partial charge in [-0.2, -0.15) is 25.3 Å². The van der Waals surface area contributed by atoms with Gasteiger partial charge in [-0.05, 0) is 19.5 Å². The van der Waals surface area contributed by atoms with Crippen molar-refractivity contribution in [3.8, 4) is 0 Å². The second kappa shape index (κ2) is 10.6. The topological polar surface area (TPSA) is 24.1 Å². The Morgan fingerprint density at radius 2 is 1.18 bits per heavy atom. The average Bonchev–Trinajstić information content (AvgIpc) is 2.03. The molecule has 0 spiro atoms. The van der Waals surface area contributed by atoms with E-state index in [0.717, 1.165) is 37.7 Å². The SMILES string of the molecule is SCCNCCCNCCS. The van der Waals surface area contributed by atoms with Gasteiger partial charge in [0.2, 0.25) is 0 Å². The van der Waals surface area contributed by atoms with Crippen molar-refractivity contribution in [1.82, 2.24) is 10.6 Å². The fourth-order valence-corrected chi connectivity index (χ4v) is 1.06. The third-order valence-corrected chi connectivity index (χ3v) is 1.73. The highest BCUT2D eigenvalue weighted by molar-refractivity contribution is 7.80. The highest BCUT2D eigenvalue weighted by Crippen LogP contribution is 1.75. The summed E-state index contributed by atoms with van der Waals surface area (Å²) in [5.74, 6) is 1.84. The lowest BCUT2D eigenvalue weighted by molar-refractivity contribution is 0.623. The second-order valence-corrected chi connectivity index (χ2v) is 3.20. The Kier molecular flexibility index (Phi) is 11.2. The van der Waals surface area contributed by atoms with Crippen molar-refractivity contribution in [2.24, 2.45) is 0 Å². The molecule has 2 N–H and O–H groups in total. The zero-order valence-corrected chi connectivity index (χ0v) is 8.63. The minimum absolute atomic E-state index is 0.921. The molecule has 0 atom stereocenters. The summed E-state index contributed by atoms with van der Waals surface area (Å²) in [5, 5.41) is 6.55. The predicted octanol–water partition coefficient (Wildman–Crippen LogP) is 0.415. The van der Waals surface area contributed by atoms with Crippen LogP contribution in [0.3, 0.4) is 0 Å². The van der Waals surface area contributed by atoms with E-state index >= 15 is 0 Å². The van der Waals surface area contributed by atoms with Crippen LogP contribution >= 0.6 is 25.3 Å². The first-order valence-corrected chi connectivity index (χ1v) is 5.31. The minimum Gasteiger partial charge on any atom is -0.316 e. The standard InChI is InChI=1S/C7H18N2S2/c10-6-4-8-2-1-3-9-5-7-11/h8-11H,1-7H2. The van der Waals surface area contributed by atoms with E-state index in [2.05, 4.69) is 35.9 Å². The third kappa shape index (κ3) is 10.6. The van der Waals surface area contributed by atoms with Gasteiger partial charge in [-0.25, -0.2) is 0 Å². The Bertz CT molecular complexity index is 63.5. The number of hydrogen-bond donors (Lipinski definition) is 4. The van der Waals surface area contributed by atoms with Gasteiger partial charge in [-0.3, -0.25) is 0 Å².